The fraction of sp³-hybridized carbons (Fsp3) is 0.308. The van der Waals surface area contributed by atoms with E-state index in [4.69, 9.17) is 6.42 Å². The summed E-state index contributed by atoms with van der Waals surface area (Å²) in [5.41, 5.74) is 3.69. The molecule has 0 aliphatic heterocycles. The van der Waals surface area contributed by atoms with Gasteiger partial charge in [0.25, 0.3) is 0 Å². The van der Waals surface area contributed by atoms with Gasteiger partial charge in [-0.3, -0.25) is 0 Å². The maximum Gasteiger partial charge on any atom is 0.0586 e. The first-order chi connectivity index (χ1) is 6.83. The molecular formula is C13H13N. The van der Waals surface area contributed by atoms with E-state index in [-0.39, 0.29) is 0 Å². The number of nitrogens with zero attached hydrogens (tertiary/aromatic N) is 1. The number of hydrogen-bond acceptors (Lipinski definition) is 1. The van der Waals surface area contributed by atoms with Crippen molar-refractivity contribution < 1.29 is 0 Å². The minimum atomic E-state index is 0.628. The van der Waals surface area contributed by atoms with E-state index in [1.807, 2.05) is 6.07 Å². The van der Waals surface area contributed by atoms with Crippen LogP contribution in [0.25, 0.3) is 0 Å². The van der Waals surface area contributed by atoms with Crippen molar-refractivity contribution in [2.45, 2.75) is 25.7 Å². The van der Waals surface area contributed by atoms with E-state index in [9.17, 15) is 0 Å². The Morgan fingerprint density at radius 2 is 2.21 bits per heavy atom. The molecule has 0 aromatic heterocycles. The van der Waals surface area contributed by atoms with E-state index in [0.29, 0.717) is 5.92 Å². The Morgan fingerprint density at radius 1 is 1.43 bits per heavy atom. The molecule has 2 rings (SSSR count). The second-order valence-electron chi connectivity index (χ2n) is 3.71. The quantitative estimate of drug-likeness (QED) is 0.548. The first kappa shape index (κ1) is 9.02. The predicted molar refractivity (Wildman–Crippen MR) is 59.5 cm³/mol. The van der Waals surface area contributed by atoms with Gasteiger partial charge in [-0.15, -0.1) is 0 Å². The molecule has 1 aromatic carbocycles. The SMILES string of the molecule is C#CN=C1CCC(C)c2ccccc21. The summed E-state index contributed by atoms with van der Waals surface area (Å²) in [6.07, 6.45) is 7.37. The summed E-state index contributed by atoms with van der Waals surface area (Å²) in [5.74, 6) is 0.628. The number of rotatable bonds is 0. The van der Waals surface area contributed by atoms with Gasteiger partial charge in [-0.05, 0) is 24.3 Å². The van der Waals surface area contributed by atoms with Gasteiger partial charge in [0.15, 0.2) is 0 Å². The molecule has 1 aromatic rings. The Bertz CT molecular complexity index is 409. The molecule has 0 heterocycles. The number of fused-ring (bicyclic) bond motifs is 1. The molecular weight excluding hydrogens is 170 g/mol. The molecule has 0 radical (unpaired) electrons. The van der Waals surface area contributed by atoms with E-state index < -0.39 is 0 Å². The first-order valence-electron chi connectivity index (χ1n) is 4.94. The Morgan fingerprint density at radius 3 is 3.00 bits per heavy atom. The molecule has 0 amide bonds. The molecule has 0 bridgehead atoms. The third kappa shape index (κ3) is 1.44. The van der Waals surface area contributed by atoms with Crippen molar-refractivity contribution in [3.05, 3.63) is 35.4 Å². The maximum absolute atomic E-state index is 5.21. The summed E-state index contributed by atoms with van der Waals surface area (Å²) in [5, 5.41) is 0. The highest BCUT2D eigenvalue weighted by Gasteiger charge is 2.19. The van der Waals surface area contributed by atoms with Crippen LogP contribution < -0.4 is 0 Å². The van der Waals surface area contributed by atoms with Crippen LogP contribution >= 0.6 is 0 Å². The molecule has 1 heteroatoms. The van der Waals surface area contributed by atoms with E-state index >= 15 is 0 Å². The fourth-order valence-electron chi connectivity index (χ4n) is 2.03. The van der Waals surface area contributed by atoms with E-state index in [1.165, 1.54) is 11.1 Å². The highest BCUT2D eigenvalue weighted by Crippen LogP contribution is 2.30. The van der Waals surface area contributed by atoms with E-state index in [1.54, 1.807) is 0 Å². The molecule has 0 saturated carbocycles. The van der Waals surface area contributed by atoms with Crippen molar-refractivity contribution in [2.24, 2.45) is 4.99 Å². The topological polar surface area (TPSA) is 12.4 Å². The lowest BCUT2D eigenvalue weighted by molar-refractivity contribution is 0.685. The molecule has 14 heavy (non-hydrogen) atoms. The molecule has 1 aliphatic rings. The zero-order chi connectivity index (χ0) is 9.97. The molecule has 0 fully saturated rings. The maximum atomic E-state index is 5.21. The van der Waals surface area contributed by atoms with Crippen molar-refractivity contribution in [1.82, 2.24) is 0 Å². The summed E-state index contributed by atoms with van der Waals surface area (Å²) in [6.45, 7) is 2.26. The zero-order valence-corrected chi connectivity index (χ0v) is 8.33. The Kier molecular flexibility index (Phi) is 2.37. The molecule has 1 atom stereocenters. The van der Waals surface area contributed by atoms with Crippen molar-refractivity contribution in [1.29, 1.82) is 0 Å². The first-order valence-corrected chi connectivity index (χ1v) is 4.94. The summed E-state index contributed by atoms with van der Waals surface area (Å²) >= 11 is 0. The number of terminal acetylenes is 1. The van der Waals surface area contributed by atoms with Gasteiger partial charge in [-0.25, -0.2) is 4.99 Å². The monoisotopic (exact) mass is 183 g/mol. The van der Waals surface area contributed by atoms with Crippen LogP contribution in [0.3, 0.4) is 0 Å². The van der Waals surface area contributed by atoms with Crippen molar-refractivity contribution >= 4 is 5.71 Å². The summed E-state index contributed by atoms with van der Waals surface area (Å²) < 4.78 is 0. The Balaban J connectivity index is 2.53. The molecule has 1 nitrogen and oxygen atoms in total. The van der Waals surface area contributed by atoms with Gasteiger partial charge < -0.3 is 0 Å². The Hall–Kier alpha value is -1.55. The van der Waals surface area contributed by atoms with Gasteiger partial charge in [-0.2, -0.15) is 0 Å². The van der Waals surface area contributed by atoms with Crippen LogP contribution in [0.1, 0.15) is 36.8 Å². The number of hydrogen-bond donors (Lipinski definition) is 0. The van der Waals surface area contributed by atoms with Crippen LogP contribution in [0.5, 0.6) is 0 Å². The lowest BCUT2D eigenvalue weighted by atomic mass is 9.83. The van der Waals surface area contributed by atoms with Crippen LogP contribution in [0, 0.1) is 12.5 Å². The largest absolute Gasteiger partial charge is 0.202 e. The lowest BCUT2D eigenvalue weighted by Crippen LogP contribution is -2.14. The average molecular weight is 183 g/mol. The predicted octanol–water partition coefficient (Wildman–Crippen LogP) is 2.96. The van der Waals surface area contributed by atoms with Crippen LogP contribution in [-0.2, 0) is 0 Å². The standard InChI is InChI=1S/C13H13N/c1-3-14-13-9-8-10(2)11-6-4-5-7-12(11)13/h1,4-7,10H,8-9H2,2H3. The van der Waals surface area contributed by atoms with Gasteiger partial charge in [0.1, 0.15) is 0 Å². The van der Waals surface area contributed by atoms with Crippen LogP contribution in [0.2, 0.25) is 0 Å². The Labute approximate surface area is 84.9 Å². The van der Waals surface area contributed by atoms with Crippen LogP contribution in [0.4, 0.5) is 0 Å². The normalized spacial score (nSPS) is 22.9. The van der Waals surface area contributed by atoms with E-state index in [2.05, 4.69) is 36.2 Å². The van der Waals surface area contributed by atoms with Crippen molar-refractivity contribution in [3.8, 4) is 12.5 Å². The minimum absolute atomic E-state index is 0.628. The van der Waals surface area contributed by atoms with Gasteiger partial charge in [0.05, 0.1) is 5.71 Å². The van der Waals surface area contributed by atoms with Gasteiger partial charge in [-0.1, -0.05) is 37.6 Å². The highest BCUT2D eigenvalue weighted by molar-refractivity contribution is 6.03. The molecule has 70 valence electrons. The highest BCUT2D eigenvalue weighted by atomic mass is 14.7. The third-order valence-corrected chi connectivity index (χ3v) is 2.82. The molecule has 0 spiro atoms. The van der Waals surface area contributed by atoms with Crippen LogP contribution in [-0.4, -0.2) is 5.71 Å². The van der Waals surface area contributed by atoms with Crippen LogP contribution in [0.15, 0.2) is 29.3 Å². The minimum Gasteiger partial charge on any atom is -0.202 e. The molecule has 0 saturated heterocycles. The average Bonchev–Trinajstić information content (AvgIpc) is 2.23. The second-order valence-corrected chi connectivity index (χ2v) is 3.71. The fourth-order valence-corrected chi connectivity index (χ4v) is 2.03. The molecule has 1 aliphatic carbocycles. The summed E-state index contributed by atoms with van der Waals surface area (Å²) in [6, 6.07) is 10.8. The van der Waals surface area contributed by atoms with Crippen molar-refractivity contribution in [3.63, 3.8) is 0 Å². The molecule has 0 N–H and O–H groups in total. The third-order valence-electron chi connectivity index (χ3n) is 2.82. The van der Waals surface area contributed by atoms with Gasteiger partial charge in [0, 0.05) is 11.6 Å². The van der Waals surface area contributed by atoms with Gasteiger partial charge in [0.2, 0.25) is 0 Å². The zero-order valence-electron chi connectivity index (χ0n) is 8.33. The molecule has 1 unspecified atom stereocenters. The number of aliphatic imine (C=N–C) groups is 1. The second kappa shape index (κ2) is 3.67. The summed E-state index contributed by atoms with van der Waals surface area (Å²) in [4.78, 5) is 4.10. The van der Waals surface area contributed by atoms with E-state index in [0.717, 1.165) is 18.6 Å². The van der Waals surface area contributed by atoms with Crippen molar-refractivity contribution in [2.75, 3.05) is 0 Å². The smallest absolute Gasteiger partial charge is 0.0586 e. The summed E-state index contributed by atoms with van der Waals surface area (Å²) in [7, 11) is 0. The lowest BCUT2D eigenvalue weighted by Gasteiger charge is -2.22. The van der Waals surface area contributed by atoms with Gasteiger partial charge >= 0.3 is 0 Å². The number of benzene rings is 1.